The number of carbonyl (C=O) groups is 1. The highest BCUT2D eigenvalue weighted by atomic mass is 19.1. The van der Waals surface area contributed by atoms with Gasteiger partial charge in [-0.2, -0.15) is 4.98 Å². The van der Waals surface area contributed by atoms with Crippen LogP contribution in [0.2, 0.25) is 0 Å². The molecule has 2 N–H and O–H groups in total. The van der Waals surface area contributed by atoms with E-state index in [9.17, 15) is 9.18 Å². The number of hydrogen-bond acceptors (Lipinski definition) is 5. The second-order valence-electron chi connectivity index (χ2n) is 4.93. The number of aromatic nitrogens is 3. The Balaban J connectivity index is 1.79. The summed E-state index contributed by atoms with van der Waals surface area (Å²) in [6, 6.07) is 5.68. The maximum atomic E-state index is 13.3. The van der Waals surface area contributed by atoms with Gasteiger partial charge in [0.2, 0.25) is 5.95 Å². The van der Waals surface area contributed by atoms with Crippen molar-refractivity contribution in [3.8, 4) is 11.4 Å². The summed E-state index contributed by atoms with van der Waals surface area (Å²) in [5.41, 5.74) is 5.85. The first-order valence-electron chi connectivity index (χ1n) is 6.88. The van der Waals surface area contributed by atoms with Crippen LogP contribution >= 0.6 is 0 Å². The molecule has 3 rings (SSSR count). The highest BCUT2D eigenvalue weighted by Gasteiger charge is 2.21. The number of nitrogens with zero attached hydrogens (tertiary/aromatic N) is 5. The number of nitrogens with two attached hydrogens (primary N) is 1. The molecule has 0 atom stereocenters. The molecule has 0 saturated carbocycles. The third-order valence-corrected chi connectivity index (χ3v) is 3.52. The van der Waals surface area contributed by atoms with Gasteiger partial charge in [-0.3, -0.25) is 0 Å². The lowest BCUT2D eigenvalue weighted by Gasteiger charge is -2.33. The minimum absolute atomic E-state index is 0.338. The van der Waals surface area contributed by atoms with Crippen molar-refractivity contribution in [1.29, 1.82) is 0 Å². The van der Waals surface area contributed by atoms with Crippen LogP contribution in [0, 0.1) is 5.82 Å². The van der Waals surface area contributed by atoms with Crippen molar-refractivity contribution in [1.82, 2.24) is 19.9 Å². The normalized spacial score (nSPS) is 15.0. The summed E-state index contributed by atoms with van der Waals surface area (Å²) >= 11 is 0. The van der Waals surface area contributed by atoms with Gasteiger partial charge in [-0.05, 0) is 12.1 Å². The van der Waals surface area contributed by atoms with Crippen molar-refractivity contribution in [2.24, 2.45) is 5.73 Å². The van der Waals surface area contributed by atoms with Gasteiger partial charge < -0.3 is 15.5 Å². The molecular formula is C14H15FN6O. The summed E-state index contributed by atoms with van der Waals surface area (Å²) in [7, 11) is 0. The standard InChI is InChI=1S/C14H15FN6O/c15-11-3-1-2-10(8-11)12-17-9-18-14(19-12)21-6-4-20(5-7-21)13(16)22/h1-3,8-9H,4-7H2,(H2,16,22). The number of carbonyl (C=O) groups excluding carboxylic acids is 1. The Morgan fingerprint density at radius 2 is 1.95 bits per heavy atom. The molecule has 7 nitrogen and oxygen atoms in total. The van der Waals surface area contributed by atoms with E-state index in [0.29, 0.717) is 43.5 Å². The number of urea groups is 1. The fraction of sp³-hybridized carbons (Fsp3) is 0.286. The van der Waals surface area contributed by atoms with E-state index in [-0.39, 0.29) is 5.82 Å². The molecule has 8 heteroatoms. The first-order chi connectivity index (χ1) is 10.6. The van der Waals surface area contributed by atoms with E-state index in [0.717, 1.165) is 0 Å². The van der Waals surface area contributed by atoms with Crippen LogP contribution in [-0.2, 0) is 0 Å². The van der Waals surface area contributed by atoms with Gasteiger partial charge in [-0.1, -0.05) is 12.1 Å². The zero-order valence-electron chi connectivity index (χ0n) is 11.8. The van der Waals surface area contributed by atoms with Crippen LogP contribution in [0.1, 0.15) is 0 Å². The average Bonchev–Trinajstić information content (AvgIpc) is 2.55. The molecule has 0 radical (unpaired) electrons. The summed E-state index contributed by atoms with van der Waals surface area (Å²) in [4.78, 5) is 27.3. The van der Waals surface area contributed by atoms with Gasteiger partial charge in [0.25, 0.3) is 0 Å². The fourth-order valence-corrected chi connectivity index (χ4v) is 2.33. The molecule has 22 heavy (non-hydrogen) atoms. The Morgan fingerprint density at radius 3 is 2.64 bits per heavy atom. The Kier molecular flexibility index (Phi) is 3.82. The second-order valence-corrected chi connectivity index (χ2v) is 4.93. The zero-order valence-corrected chi connectivity index (χ0v) is 11.8. The molecule has 2 amide bonds. The first-order valence-corrected chi connectivity index (χ1v) is 6.88. The van der Waals surface area contributed by atoms with Crippen LogP contribution in [0.4, 0.5) is 15.1 Å². The van der Waals surface area contributed by atoms with Crippen molar-refractivity contribution < 1.29 is 9.18 Å². The van der Waals surface area contributed by atoms with Crippen LogP contribution in [0.15, 0.2) is 30.6 Å². The molecule has 0 aliphatic carbocycles. The molecule has 2 heterocycles. The SMILES string of the molecule is NC(=O)N1CCN(c2ncnc(-c3cccc(F)c3)n2)CC1. The highest BCUT2D eigenvalue weighted by molar-refractivity contribution is 5.72. The molecule has 1 saturated heterocycles. The smallest absolute Gasteiger partial charge is 0.314 e. The van der Waals surface area contributed by atoms with Gasteiger partial charge in [0.15, 0.2) is 5.82 Å². The summed E-state index contributed by atoms with van der Waals surface area (Å²) in [5.74, 6) is 0.592. The van der Waals surface area contributed by atoms with Gasteiger partial charge >= 0.3 is 6.03 Å². The lowest BCUT2D eigenvalue weighted by molar-refractivity contribution is 0.204. The Labute approximate surface area is 126 Å². The van der Waals surface area contributed by atoms with Gasteiger partial charge in [0.05, 0.1) is 0 Å². The van der Waals surface area contributed by atoms with Gasteiger partial charge in [0, 0.05) is 31.7 Å². The maximum Gasteiger partial charge on any atom is 0.314 e. The molecule has 114 valence electrons. The predicted octanol–water partition coefficient (Wildman–Crippen LogP) is 0.878. The molecule has 0 spiro atoms. The van der Waals surface area contributed by atoms with E-state index < -0.39 is 6.03 Å². The molecule has 1 fully saturated rings. The molecule has 1 aliphatic rings. The van der Waals surface area contributed by atoms with E-state index in [1.165, 1.54) is 18.5 Å². The van der Waals surface area contributed by atoms with Crippen LogP contribution in [0.5, 0.6) is 0 Å². The van der Waals surface area contributed by atoms with E-state index in [4.69, 9.17) is 5.73 Å². The number of piperazine rings is 1. The third-order valence-electron chi connectivity index (χ3n) is 3.52. The van der Waals surface area contributed by atoms with Gasteiger partial charge in [-0.15, -0.1) is 0 Å². The number of amides is 2. The van der Waals surface area contributed by atoms with E-state index in [2.05, 4.69) is 15.0 Å². The highest BCUT2D eigenvalue weighted by Crippen LogP contribution is 2.18. The largest absolute Gasteiger partial charge is 0.351 e. The fourth-order valence-electron chi connectivity index (χ4n) is 2.33. The van der Waals surface area contributed by atoms with Gasteiger partial charge in [0.1, 0.15) is 12.1 Å². The van der Waals surface area contributed by atoms with Crippen molar-refractivity contribution in [2.45, 2.75) is 0 Å². The first kappa shape index (κ1) is 14.2. The summed E-state index contributed by atoms with van der Waals surface area (Å²) in [6.07, 6.45) is 1.41. The lowest BCUT2D eigenvalue weighted by atomic mass is 10.2. The topological polar surface area (TPSA) is 88.2 Å². The molecular weight excluding hydrogens is 287 g/mol. The average molecular weight is 302 g/mol. The van der Waals surface area contributed by atoms with Crippen LogP contribution in [-0.4, -0.2) is 52.1 Å². The quantitative estimate of drug-likeness (QED) is 0.889. The summed E-state index contributed by atoms with van der Waals surface area (Å²) in [6.45, 7) is 2.23. The lowest BCUT2D eigenvalue weighted by Crippen LogP contribution is -2.51. The second kappa shape index (κ2) is 5.92. The van der Waals surface area contributed by atoms with Crippen molar-refractivity contribution >= 4 is 12.0 Å². The monoisotopic (exact) mass is 302 g/mol. The van der Waals surface area contributed by atoms with E-state index in [1.807, 2.05) is 4.90 Å². The molecule has 2 aromatic rings. The molecule has 0 unspecified atom stereocenters. The zero-order chi connectivity index (χ0) is 15.5. The van der Waals surface area contributed by atoms with Crippen LogP contribution in [0.25, 0.3) is 11.4 Å². The predicted molar refractivity (Wildman–Crippen MR) is 78.6 cm³/mol. The molecule has 1 aliphatic heterocycles. The number of rotatable bonds is 2. The Hall–Kier alpha value is -2.77. The number of benzene rings is 1. The van der Waals surface area contributed by atoms with Crippen LogP contribution < -0.4 is 10.6 Å². The van der Waals surface area contributed by atoms with E-state index >= 15 is 0 Å². The number of halogens is 1. The molecule has 1 aromatic carbocycles. The number of anilines is 1. The number of primary amides is 1. The Bertz CT molecular complexity index is 687. The van der Waals surface area contributed by atoms with E-state index in [1.54, 1.807) is 17.0 Å². The van der Waals surface area contributed by atoms with Crippen molar-refractivity contribution in [2.75, 3.05) is 31.1 Å². The molecule has 1 aromatic heterocycles. The Morgan fingerprint density at radius 1 is 1.18 bits per heavy atom. The van der Waals surface area contributed by atoms with Crippen molar-refractivity contribution in [3.63, 3.8) is 0 Å². The van der Waals surface area contributed by atoms with Crippen molar-refractivity contribution in [3.05, 3.63) is 36.4 Å². The van der Waals surface area contributed by atoms with Crippen LogP contribution in [0.3, 0.4) is 0 Å². The molecule has 0 bridgehead atoms. The number of hydrogen-bond donors (Lipinski definition) is 1. The minimum Gasteiger partial charge on any atom is -0.351 e. The maximum absolute atomic E-state index is 13.3. The summed E-state index contributed by atoms with van der Waals surface area (Å²) < 4.78 is 13.3. The summed E-state index contributed by atoms with van der Waals surface area (Å²) in [5, 5.41) is 0. The van der Waals surface area contributed by atoms with Gasteiger partial charge in [-0.25, -0.2) is 19.2 Å². The minimum atomic E-state index is -0.421. The third kappa shape index (κ3) is 2.95.